The molecule has 0 fully saturated rings. The molecule has 1 aromatic rings. The minimum absolute atomic E-state index is 0.0685. The second-order valence-electron chi connectivity index (χ2n) is 9.98. The lowest BCUT2D eigenvalue weighted by Crippen LogP contribution is -2.55. The first-order valence-electron chi connectivity index (χ1n) is 12.1. The Labute approximate surface area is 210 Å². The fraction of sp³-hybridized carbons (Fsp3) is 0.654. The van der Waals surface area contributed by atoms with Crippen molar-refractivity contribution in [2.24, 2.45) is 0 Å². The number of ether oxygens (including phenoxy) is 1. The molecule has 34 heavy (non-hydrogen) atoms. The van der Waals surface area contributed by atoms with E-state index in [1.54, 1.807) is 25.7 Å². The van der Waals surface area contributed by atoms with Crippen LogP contribution in [0.4, 0.5) is 4.79 Å². The molecule has 0 radical (unpaired) electrons. The zero-order valence-corrected chi connectivity index (χ0v) is 22.9. The van der Waals surface area contributed by atoms with Crippen LogP contribution in [0.25, 0.3) is 0 Å². The van der Waals surface area contributed by atoms with Crippen molar-refractivity contribution in [1.82, 2.24) is 15.5 Å². The summed E-state index contributed by atoms with van der Waals surface area (Å²) in [5.41, 5.74) is 2.06. The molecule has 0 spiro atoms. The van der Waals surface area contributed by atoms with Crippen molar-refractivity contribution in [3.8, 4) is 0 Å². The molecule has 0 aliphatic carbocycles. The third-order valence-corrected chi connectivity index (χ3v) is 5.67. The fourth-order valence-electron chi connectivity index (χ4n) is 3.73. The molecule has 7 nitrogen and oxygen atoms in total. The monoisotopic (exact) mass is 493 g/mol. The van der Waals surface area contributed by atoms with Crippen LogP contribution in [-0.2, 0) is 14.3 Å². The molecular weight excluding hydrogens is 450 g/mol. The molecule has 3 amide bonds. The topological polar surface area (TPSA) is 87.7 Å². The van der Waals surface area contributed by atoms with E-state index in [-0.39, 0.29) is 23.6 Å². The Bertz CT molecular complexity index is 836. The zero-order valence-electron chi connectivity index (χ0n) is 22.0. The number of nitrogens with zero attached hydrogens (tertiary/aromatic N) is 1. The molecule has 0 aromatic heterocycles. The molecule has 0 saturated carbocycles. The second-order valence-corrected chi connectivity index (χ2v) is 10.3. The molecule has 8 heteroatoms. The van der Waals surface area contributed by atoms with Gasteiger partial charge in [0, 0.05) is 18.3 Å². The van der Waals surface area contributed by atoms with Crippen LogP contribution < -0.4 is 10.6 Å². The Morgan fingerprint density at radius 3 is 2.26 bits per heavy atom. The number of hydrogen-bond donors (Lipinski definition) is 3. The largest absolute Gasteiger partial charge is 0.444 e. The van der Waals surface area contributed by atoms with Crippen molar-refractivity contribution in [1.29, 1.82) is 0 Å². The summed E-state index contributed by atoms with van der Waals surface area (Å²) in [6.07, 6.45) is 2.24. The van der Waals surface area contributed by atoms with Crippen LogP contribution >= 0.6 is 12.6 Å². The van der Waals surface area contributed by atoms with Crippen LogP contribution in [0.1, 0.15) is 83.5 Å². The van der Waals surface area contributed by atoms with Gasteiger partial charge in [-0.05, 0) is 66.0 Å². The average molecular weight is 494 g/mol. The van der Waals surface area contributed by atoms with E-state index in [2.05, 4.69) is 30.2 Å². The van der Waals surface area contributed by atoms with Crippen LogP contribution in [-0.4, -0.2) is 52.8 Å². The van der Waals surface area contributed by atoms with E-state index >= 15 is 0 Å². The van der Waals surface area contributed by atoms with E-state index < -0.39 is 23.8 Å². The number of hydrogen-bond acceptors (Lipinski definition) is 5. The first-order chi connectivity index (χ1) is 15.8. The van der Waals surface area contributed by atoms with E-state index in [0.717, 1.165) is 36.0 Å². The number of benzene rings is 1. The van der Waals surface area contributed by atoms with Gasteiger partial charge in [0.05, 0.1) is 0 Å². The van der Waals surface area contributed by atoms with Gasteiger partial charge >= 0.3 is 6.09 Å². The molecule has 0 aliphatic rings. The summed E-state index contributed by atoms with van der Waals surface area (Å²) in [4.78, 5) is 41.1. The Balaban J connectivity index is 3.34. The number of rotatable bonds is 11. The fourth-order valence-corrected chi connectivity index (χ4v) is 3.98. The second kappa shape index (κ2) is 13.6. The van der Waals surface area contributed by atoms with Crippen molar-refractivity contribution >= 4 is 30.5 Å². The number of aryl methyl sites for hydroxylation is 2. The minimum atomic E-state index is -0.943. The molecule has 0 bridgehead atoms. The van der Waals surface area contributed by atoms with Gasteiger partial charge in [-0.1, -0.05) is 43.5 Å². The lowest BCUT2D eigenvalue weighted by molar-refractivity contribution is -0.144. The van der Waals surface area contributed by atoms with Crippen LogP contribution in [0.5, 0.6) is 0 Å². The highest BCUT2D eigenvalue weighted by atomic mass is 32.1. The standard InChI is InChI=1S/C26H43N3O4S/c1-9-10-11-14-27-23(30)22(20-13-12-18(4)15-19(20)5)29(17(2)3)24(31)21(16-34)28-25(32)33-26(6,7)8/h12-13,15,17,21-22,34H,9-11,14,16H2,1-8H3,(H,27,30)(H,28,32). The molecule has 1 rings (SSSR count). The Hall–Kier alpha value is -2.22. The van der Waals surface area contributed by atoms with E-state index in [1.165, 1.54) is 0 Å². The molecule has 0 heterocycles. The van der Waals surface area contributed by atoms with Crippen molar-refractivity contribution in [3.63, 3.8) is 0 Å². The first-order valence-corrected chi connectivity index (χ1v) is 12.7. The molecule has 1 aromatic carbocycles. The molecule has 2 N–H and O–H groups in total. The number of alkyl carbamates (subject to hydrolysis) is 1. The minimum Gasteiger partial charge on any atom is -0.444 e. The summed E-state index contributed by atoms with van der Waals surface area (Å²) >= 11 is 4.31. The maximum atomic E-state index is 13.7. The molecule has 2 atom stereocenters. The van der Waals surface area contributed by atoms with Gasteiger partial charge in [-0.15, -0.1) is 0 Å². The summed E-state index contributed by atoms with van der Waals surface area (Å²) in [5.74, 6) is -0.552. The van der Waals surface area contributed by atoms with E-state index in [1.807, 2.05) is 45.9 Å². The van der Waals surface area contributed by atoms with Crippen molar-refractivity contribution in [2.75, 3.05) is 12.3 Å². The van der Waals surface area contributed by atoms with Crippen LogP contribution in [0, 0.1) is 13.8 Å². The van der Waals surface area contributed by atoms with Gasteiger partial charge in [0.2, 0.25) is 11.8 Å². The van der Waals surface area contributed by atoms with Gasteiger partial charge in [-0.2, -0.15) is 12.6 Å². The molecule has 192 valence electrons. The molecule has 2 unspecified atom stereocenters. The highest BCUT2D eigenvalue weighted by molar-refractivity contribution is 7.80. The Kier molecular flexibility index (Phi) is 11.9. The summed E-state index contributed by atoms with van der Waals surface area (Å²) in [6, 6.07) is 3.77. The van der Waals surface area contributed by atoms with Crippen molar-refractivity contribution in [2.45, 2.75) is 98.4 Å². The maximum Gasteiger partial charge on any atom is 0.408 e. The normalized spacial score (nSPS) is 13.2. The number of carbonyl (C=O) groups excluding carboxylic acids is 3. The zero-order chi connectivity index (χ0) is 26.1. The average Bonchev–Trinajstić information content (AvgIpc) is 2.71. The third-order valence-electron chi connectivity index (χ3n) is 5.31. The summed E-state index contributed by atoms with van der Waals surface area (Å²) in [7, 11) is 0. The number of unbranched alkanes of at least 4 members (excludes halogenated alkanes) is 2. The quantitative estimate of drug-likeness (QED) is 0.308. The maximum absolute atomic E-state index is 13.7. The summed E-state index contributed by atoms with van der Waals surface area (Å²) in [5, 5.41) is 5.64. The van der Waals surface area contributed by atoms with Crippen molar-refractivity contribution < 1.29 is 19.1 Å². The predicted octanol–water partition coefficient (Wildman–Crippen LogP) is 4.71. The van der Waals surface area contributed by atoms with Gasteiger partial charge in [0.1, 0.15) is 17.7 Å². The van der Waals surface area contributed by atoms with Gasteiger partial charge in [-0.3, -0.25) is 9.59 Å². The first kappa shape index (κ1) is 29.8. The van der Waals surface area contributed by atoms with E-state index in [9.17, 15) is 14.4 Å². The Morgan fingerprint density at radius 1 is 1.12 bits per heavy atom. The predicted molar refractivity (Wildman–Crippen MR) is 140 cm³/mol. The number of nitrogens with one attached hydrogen (secondary N) is 2. The lowest BCUT2D eigenvalue weighted by Gasteiger charge is -2.37. The van der Waals surface area contributed by atoms with Crippen LogP contribution in [0.3, 0.4) is 0 Å². The van der Waals surface area contributed by atoms with E-state index in [0.29, 0.717) is 6.54 Å². The number of thiol groups is 1. The third kappa shape index (κ3) is 9.20. The highest BCUT2D eigenvalue weighted by Crippen LogP contribution is 2.28. The highest BCUT2D eigenvalue weighted by Gasteiger charge is 2.37. The number of amides is 3. The molecule has 0 aliphatic heterocycles. The van der Waals surface area contributed by atoms with Gasteiger partial charge in [0.25, 0.3) is 0 Å². The van der Waals surface area contributed by atoms with E-state index in [4.69, 9.17) is 4.74 Å². The van der Waals surface area contributed by atoms with Gasteiger partial charge < -0.3 is 20.3 Å². The summed E-state index contributed by atoms with van der Waals surface area (Å²) < 4.78 is 5.33. The lowest BCUT2D eigenvalue weighted by atomic mass is 9.95. The molecular formula is C26H43N3O4S. The summed E-state index contributed by atoms with van der Waals surface area (Å²) in [6.45, 7) is 15.6. The van der Waals surface area contributed by atoms with Gasteiger partial charge in [-0.25, -0.2) is 4.79 Å². The number of carbonyl (C=O) groups is 3. The Morgan fingerprint density at radius 2 is 1.76 bits per heavy atom. The SMILES string of the molecule is CCCCCNC(=O)C(c1ccc(C)cc1C)N(C(=O)C(CS)NC(=O)OC(C)(C)C)C(C)C. The van der Waals surface area contributed by atoms with Crippen LogP contribution in [0.15, 0.2) is 18.2 Å². The van der Waals surface area contributed by atoms with Gasteiger partial charge in [0.15, 0.2) is 0 Å². The van der Waals surface area contributed by atoms with Crippen LogP contribution in [0.2, 0.25) is 0 Å². The van der Waals surface area contributed by atoms with Crippen molar-refractivity contribution in [3.05, 3.63) is 34.9 Å². The smallest absolute Gasteiger partial charge is 0.408 e. The molecule has 0 saturated heterocycles.